The minimum absolute atomic E-state index is 0.0106. The average Bonchev–Trinajstić information content (AvgIpc) is 2.03. The summed E-state index contributed by atoms with van der Waals surface area (Å²) in [6.07, 6.45) is -0.848. The molecule has 5 heteroatoms. The van der Waals surface area contributed by atoms with Crippen molar-refractivity contribution in [3.8, 4) is 6.07 Å². The van der Waals surface area contributed by atoms with Crippen molar-refractivity contribution in [2.75, 3.05) is 0 Å². The van der Waals surface area contributed by atoms with E-state index in [4.69, 9.17) is 28.5 Å². The number of aliphatic hydroxyl groups excluding tert-OH is 1. The van der Waals surface area contributed by atoms with E-state index < -0.39 is 6.10 Å². The third kappa shape index (κ3) is 2.85. The van der Waals surface area contributed by atoms with Crippen molar-refractivity contribution in [1.29, 1.82) is 5.26 Å². The van der Waals surface area contributed by atoms with E-state index in [1.165, 1.54) is 12.1 Å². The van der Waals surface area contributed by atoms with Crippen LogP contribution in [0.4, 0.5) is 0 Å². The summed E-state index contributed by atoms with van der Waals surface area (Å²) in [5.74, 6) is 0. The van der Waals surface area contributed by atoms with Crippen LogP contribution >= 0.6 is 23.2 Å². The fourth-order valence-electron chi connectivity index (χ4n) is 0.880. The quantitative estimate of drug-likeness (QED) is 0.773. The topological polar surface area (TPSA) is 56.9 Å². The molecule has 0 radical (unpaired) electrons. The third-order valence-electron chi connectivity index (χ3n) is 1.45. The molecule has 3 nitrogen and oxygen atoms in total. The molecule has 1 aromatic rings. The first-order valence-corrected chi connectivity index (χ1v) is 4.27. The average molecular weight is 217 g/mol. The molecule has 1 N–H and O–H groups in total. The largest absolute Gasteiger partial charge is 0.387 e. The summed E-state index contributed by atoms with van der Waals surface area (Å²) in [6.45, 7) is 0. The number of nitriles is 1. The first-order chi connectivity index (χ1) is 6.13. The normalized spacial score (nSPS) is 12.2. The standard InChI is InChI=1S/C8H6Cl2N2O/c9-7-3-5(4-8(10)12-7)6(13)1-2-11/h3-4,6,13H,1H2. The Morgan fingerprint density at radius 2 is 2.00 bits per heavy atom. The van der Waals surface area contributed by atoms with E-state index in [0.29, 0.717) is 5.56 Å². The van der Waals surface area contributed by atoms with Gasteiger partial charge in [-0.25, -0.2) is 4.98 Å². The van der Waals surface area contributed by atoms with Crippen LogP contribution in [0.1, 0.15) is 18.1 Å². The molecule has 0 fully saturated rings. The van der Waals surface area contributed by atoms with E-state index in [-0.39, 0.29) is 16.7 Å². The molecule has 0 amide bonds. The summed E-state index contributed by atoms with van der Waals surface area (Å²) in [5.41, 5.74) is 0.506. The highest BCUT2D eigenvalue weighted by atomic mass is 35.5. The van der Waals surface area contributed by atoms with Crippen molar-refractivity contribution in [2.45, 2.75) is 12.5 Å². The Morgan fingerprint density at radius 1 is 1.46 bits per heavy atom. The Balaban J connectivity index is 2.95. The van der Waals surface area contributed by atoms with Crippen LogP contribution in [0, 0.1) is 11.3 Å². The monoisotopic (exact) mass is 216 g/mol. The molecule has 1 heterocycles. The Labute approximate surface area is 85.5 Å². The lowest BCUT2D eigenvalue weighted by molar-refractivity contribution is 0.183. The van der Waals surface area contributed by atoms with E-state index in [1.807, 2.05) is 6.07 Å². The molecule has 1 rings (SSSR count). The lowest BCUT2D eigenvalue weighted by atomic mass is 10.1. The van der Waals surface area contributed by atoms with Gasteiger partial charge in [0.25, 0.3) is 0 Å². The fourth-order valence-corrected chi connectivity index (χ4v) is 1.36. The van der Waals surface area contributed by atoms with Gasteiger partial charge in [0.05, 0.1) is 18.6 Å². The van der Waals surface area contributed by atoms with Gasteiger partial charge < -0.3 is 5.11 Å². The second-order valence-corrected chi connectivity index (χ2v) is 3.20. The third-order valence-corrected chi connectivity index (χ3v) is 1.84. The predicted octanol–water partition coefficient (Wildman–Crippen LogP) is 2.34. The minimum Gasteiger partial charge on any atom is -0.387 e. The van der Waals surface area contributed by atoms with Crippen molar-refractivity contribution >= 4 is 23.2 Å². The van der Waals surface area contributed by atoms with Crippen LogP contribution in [0.2, 0.25) is 10.3 Å². The van der Waals surface area contributed by atoms with E-state index in [1.54, 1.807) is 0 Å². The number of hydrogen-bond donors (Lipinski definition) is 1. The van der Waals surface area contributed by atoms with E-state index in [2.05, 4.69) is 4.98 Å². The number of aliphatic hydroxyl groups is 1. The number of hydrogen-bond acceptors (Lipinski definition) is 3. The first kappa shape index (κ1) is 10.3. The van der Waals surface area contributed by atoms with Crippen LogP contribution in [0.5, 0.6) is 0 Å². The van der Waals surface area contributed by atoms with E-state index >= 15 is 0 Å². The summed E-state index contributed by atoms with van der Waals surface area (Å²) in [7, 11) is 0. The molecular weight excluding hydrogens is 211 g/mol. The molecule has 1 aromatic heterocycles. The Hall–Kier alpha value is -0.820. The zero-order chi connectivity index (χ0) is 9.84. The van der Waals surface area contributed by atoms with Gasteiger partial charge in [0, 0.05) is 0 Å². The number of halogens is 2. The molecule has 0 aliphatic rings. The Morgan fingerprint density at radius 3 is 2.46 bits per heavy atom. The maximum Gasteiger partial charge on any atom is 0.131 e. The summed E-state index contributed by atoms with van der Waals surface area (Å²) in [4.78, 5) is 3.71. The minimum atomic E-state index is -0.858. The fraction of sp³-hybridized carbons (Fsp3) is 0.250. The summed E-state index contributed by atoms with van der Waals surface area (Å²) >= 11 is 11.2. The number of rotatable bonds is 2. The molecule has 0 aliphatic carbocycles. The molecule has 0 saturated heterocycles. The van der Waals surface area contributed by atoms with Crippen LogP contribution in [0.15, 0.2) is 12.1 Å². The molecule has 1 atom stereocenters. The van der Waals surface area contributed by atoms with Gasteiger partial charge in [-0.2, -0.15) is 5.26 Å². The number of pyridine rings is 1. The van der Waals surface area contributed by atoms with E-state index in [0.717, 1.165) is 0 Å². The molecule has 13 heavy (non-hydrogen) atoms. The van der Waals surface area contributed by atoms with Crippen molar-refractivity contribution in [3.05, 3.63) is 28.0 Å². The van der Waals surface area contributed by atoms with Crippen molar-refractivity contribution in [1.82, 2.24) is 4.98 Å². The molecule has 68 valence electrons. The molecule has 0 bridgehead atoms. The van der Waals surface area contributed by atoms with Crippen molar-refractivity contribution < 1.29 is 5.11 Å². The maximum absolute atomic E-state index is 9.40. The summed E-state index contributed by atoms with van der Waals surface area (Å²) in [5, 5.41) is 18.2. The molecule has 0 spiro atoms. The number of nitrogens with zero attached hydrogens (tertiary/aromatic N) is 2. The van der Waals surface area contributed by atoms with Gasteiger partial charge in [0.15, 0.2) is 0 Å². The molecule has 0 saturated carbocycles. The second-order valence-electron chi connectivity index (χ2n) is 2.42. The molecule has 1 unspecified atom stereocenters. The van der Waals surface area contributed by atoms with Gasteiger partial charge >= 0.3 is 0 Å². The highest BCUT2D eigenvalue weighted by Crippen LogP contribution is 2.21. The SMILES string of the molecule is N#CCC(O)c1cc(Cl)nc(Cl)c1. The van der Waals surface area contributed by atoms with Crippen molar-refractivity contribution in [2.24, 2.45) is 0 Å². The lowest BCUT2D eigenvalue weighted by Gasteiger charge is -2.06. The zero-order valence-corrected chi connectivity index (χ0v) is 8.05. The van der Waals surface area contributed by atoms with Crippen molar-refractivity contribution in [3.63, 3.8) is 0 Å². The summed E-state index contributed by atoms with van der Waals surface area (Å²) in [6, 6.07) is 4.81. The maximum atomic E-state index is 9.40. The highest BCUT2D eigenvalue weighted by molar-refractivity contribution is 6.32. The van der Waals surface area contributed by atoms with Crippen LogP contribution in [-0.4, -0.2) is 10.1 Å². The molecule has 0 aliphatic heterocycles. The smallest absolute Gasteiger partial charge is 0.131 e. The first-order valence-electron chi connectivity index (χ1n) is 3.51. The van der Waals surface area contributed by atoms with Crippen LogP contribution in [0.25, 0.3) is 0 Å². The Kier molecular flexibility index (Phi) is 3.49. The van der Waals surface area contributed by atoms with Crippen LogP contribution < -0.4 is 0 Å². The van der Waals surface area contributed by atoms with Crippen LogP contribution in [0.3, 0.4) is 0 Å². The van der Waals surface area contributed by atoms with Gasteiger partial charge in [-0.05, 0) is 17.7 Å². The summed E-state index contributed by atoms with van der Waals surface area (Å²) < 4.78 is 0. The molecular formula is C8H6Cl2N2O. The van der Waals surface area contributed by atoms with E-state index in [9.17, 15) is 5.11 Å². The van der Waals surface area contributed by atoms with Gasteiger partial charge in [0.1, 0.15) is 10.3 Å². The predicted molar refractivity (Wildman–Crippen MR) is 49.4 cm³/mol. The van der Waals surface area contributed by atoms with Gasteiger partial charge in [-0.3, -0.25) is 0 Å². The van der Waals surface area contributed by atoms with Gasteiger partial charge in [-0.15, -0.1) is 0 Å². The second kappa shape index (κ2) is 4.43. The van der Waals surface area contributed by atoms with Crippen LogP contribution in [-0.2, 0) is 0 Å². The van der Waals surface area contributed by atoms with Gasteiger partial charge in [-0.1, -0.05) is 23.2 Å². The highest BCUT2D eigenvalue weighted by Gasteiger charge is 2.08. The number of aromatic nitrogens is 1. The lowest BCUT2D eigenvalue weighted by Crippen LogP contribution is -1.96. The van der Waals surface area contributed by atoms with Gasteiger partial charge in [0.2, 0.25) is 0 Å². The zero-order valence-electron chi connectivity index (χ0n) is 6.54. The Bertz CT molecular complexity index is 328. The molecule has 0 aromatic carbocycles.